The number of hydrogen-bond donors (Lipinski definition) is 9. The van der Waals surface area contributed by atoms with Gasteiger partial charge in [0.15, 0.2) is 18.2 Å². The minimum atomic E-state index is -1.88. The van der Waals surface area contributed by atoms with Gasteiger partial charge in [-0.1, -0.05) is 0 Å². The SMILES string of the molecule is CC1OC(Oc2c(-c3ccc(O)cc3)oc3cc(O)cc(O)c3c2=O)C(OC2OC(CO)C(O)C(O)C2O)C(O)C1O. The number of ether oxygens (including phenoxy) is 4. The molecular weight excluding hydrogens is 564 g/mol. The summed E-state index contributed by atoms with van der Waals surface area (Å²) < 4.78 is 28.5. The van der Waals surface area contributed by atoms with Gasteiger partial charge in [0.05, 0.1) is 12.7 Å². The highest BCUT2D eigenvalue weighted by Crippen LogP contribution is 2.38. The van der Waals surface area contributed by atoms with Crippen LogP contribution in [-0.2, 0) is 14.2 Å². The quantitative estimate of drug-likeness (QED) is 0.159. The Balaban J connectivity index is 1.58. The van der Waals surface area contributed by atoms with Gasteiger partial charge in [-0.25, -0.2) is 0 Å². The van der Waals surface area contributed by atoms with E-state index in [0.717, 1.165) is 12.1 Å². The standard InChI is InChI=1S/C27H30O15/c1-9-17(32)21(36)25(42-26-22(37)20(35)18(33)15(8-28)40-26)27(38-9)41-24-19(34)16-13(31)6-12(30)7-14(16)39-23(24)10-2-4-11(29)5-3-10/h2-7,9,15,17-18,20-22,25-33,35-37H,8H2,1H3. The fourth-order valence-electron chi connectivity index (χ4n) is 4.87. The van der Waals surface area contributed by atoms with E-state index < -0.39 is 90.7 Å². The zero-order valence-corrected chi connectivity index (χ0v) is 21.9. The molecule has 0 bridgehead atoms. The van der Waals surface area contributed by atoms with E-state index in [1.165, 1.54) is 31.2 Å². The van der Waals surface area contributed by atoms with Crippen molar-refractivity contribution in [1.29, 1.82) is 0 Å². The van der Waals surface area contributed by atoms with Crippen molar-refractivity contribution >= 4 is 11.0 Å². The van der Waals surface area contributed by atoms with E-state index in [1.54, 1.807) is 0 Å². The topological polar surface area (TPSA) is 249 Å². The smallest absolute Gasteiger partial charge is 0.239 e. The molecule has 5 rings (SSSR count). The number of phenolic OH excluding ortho intramolecular Hbond substituents is 3. The van der Waals surface area contributed by atoms with Gasteiger partial charge in [-0.05, 0) is 31.2 Å². The van der Waals surface area contributed by atoms with Crippen molar-refractivity contribution in [1.82, 2.24) is 0 Å². The Morgan fingerprint density at radius 3 is 2.17 bits per heavy atom. The summed E-state index contributed by atoms with van der Waals surface area (Å²) in [7, 11) is 0. The van der Waals surface area contributed by atoms with Crippen LogP contribution in [0.1, 0.15) is 6.92 Å². The third-order valence-corrected chi connectivity index (χ3v) is 7.21. The lowest BCUT2D eigenvalue weighted by Gasteiger charge is -2.45. The maximum absolute atomic E-state index is 13.7. The predicted molar refractivity (Wildman–Crippen MR) is 139 cm³/mol. The number of hydrogen-bond acceptors (Lipinski definition) is 15. The van der Waals surface area contributed by atoms with Crippen LogP contribution < -0.4 is 10.2 Å². The summed E-state index contributed by atoms with van der Waals surface area (Å²) in [4.78, 5) is 13.7. The fraction of sp³-hybridized carbons (Fsp3) is 0.444. The third-order valence-electron chi connectivity index (χ3n) is 7.21. The van der Waals surface area contributed by atoms with Crippen LogP contribution in [0.3, 0.4) is 0 Å². The Morgan fingerprint density at radius 2 is 1.50 bits per heavy atom. The van der Waals surface area contributed by atoms with E-state index in [0.29, 0.717) is 0 Å². The summed E-state index contributed by atoms with van der Waals surface area (Å²) in [6.07, 6.45) is -16.4. The molecule has 15 heteroatoms. The van der Waals surface area contributed by atoms with Gasteiger partial charge in [0.25, 0.3) is 0 Å². The van der Waals surface area contributed by atoms with E-state index in [1.807, 2.05) is 0 Å². The minimum Gasteiger partial charge on any atom is -0.508 e. The van der Waals surface area contributed by atoms with Crippen LogP contribution in [0.5, 0.6) is 23.0 Å². The average molecular weight is 595 g/mol. The Kier molecular flexibility index (Phi) is 8.30. The van der Waals surface area contributed by atoms with Crippen LogP contribution in [0.25, 0.3) is 22.3 Å². The van der Waals surface area contributed by atoms with Crippen LogP contribution in [0.15, 0.2) is 45.6 Å². The molecule has 10 atom stereocenters. The lowest BCUT2D eigenvalue weighted by molar-refractivity contribution is -0.355. The van der Waals surface area contributed by atoms with Crippen LogP contribution >= 0.6 is 0 Å². The first-order chi connectivity index (χ1) is 19.9. The lowest BCUT2D eigenvalue weighted by Crippen LogP contribution is -2.64. The van der Waals surface area contributed by atoms with Gasteiger partial charge in [-0.3, -0.25) is 4.79 Å². The molecule has 2 aliphatic rings. The van der Waals surface area contributed by atoms with E-state index in [9.17, 15) is 50.8 Å². The van der Waals surface area contributed by atoms with E-state index in [-0.39, 0.29) is 28.0 Å². The van der Waals surface area contributed by atoms with Crippen molar-refractivity contribution in [2.24, 2.45) is 0 Å². The van der Waals surface area contributed by atoms with E-state index in [4.69, 9.17) is 23.4 Å². The van der Waals surface area contributed by atoms with Crippen LogP contribution in [0.2, 0.25) is 0 Å². The van der Waals surface area contributed by atoms with Crippen molar-refractivity contribution in [2.75, 3.05) is 6.61 Å². The van der Waals surface area contributed by atoms with Crippen molar-refractivity contribution in [3.8, 4) is 34.3 Å². The highest BCUT2D eigenvalue weighted by molar-refractivity contribution is 5.88. The summed E-state index contributed by atoms with van der Waals surface area (Å²) in [6, 6.07) is 7.38. The molecule has 0 spiro atoms. The van der Waals surface area contributed by atoms with Crippen molar-refractivity contribution in [3.63, 3.8) is 0 Å². The molecular formula is C27H30O15. The number of aliphatic hydroxyl groups excluding tert-OH is 6. The normalized spacial score (nSPS) is 33.5. The molecule has 15 nitrogen and oxygen atoms in total. The van der Waals surface area contributed by atoms with Gasteiger partial charge in [0.1, 0.15) is 64.8 Å². The molecule has 2 saturated heterocycles. The monoisotopic (exact) mass is 594 g/mol. The van der Waals surface area contributed by atoms with Crippen LogP contribution in [0.4, 0.5) is 0 Å². The molecule has 228 valence electrons. The highest BCUT2D eigenvalue weighted by Gasteiger charge is 2.51. The molecule has 1 aromatic heterocycles. The van der Waals surface area contributed by atoms with Gasteiger partial charge in [-0.15, -0.1) is 0 Å². The molecule has 0 aliphatic carbocycles. The van der Waals surface area contributed by atoms with Gasteiger partial charge in [0, 0.05) is 17.7 Å². The highest BCUT2D eigenvalue weighted by atomic mass is 16.8. The van der Waals surface area contributed by atoms with Crippen LogP contribution in [0, 0.1) is 0 Å². The zero-order valence-electron chi connectivity index (χ0n) is 21.9. The molecule has 0 saturated carbocycles. The number of benzene rings is 2. The fourth-order valence-corrected chi connectivity index (χ4v) is 4.87. The number of aromatic hydroxyl groups is 3. The molecule has 3 heterocycles. The van der Waals surface area contributed by atoms with Gasteiger partial charge in [0.2, 0.25) is 17.5 Å². The minimum absolute atomic E-state index is 0.103. The Labute approximate surface area is 236 Å². The molecule has 3 aromatic rings. The Morgan fingerprint density at radius 1 is 0.810 bits per heavy atom. The maximum Gasteiger partial charge on any atom is 0.239 e. The summed E-state index contributed by atoms with van der Waals surface area (Å²) >= 11 is 0. The van der Waals surface area contributed by atoms with Crippen molar-refractivity contribution < 1.29 is 69.3 Å². The van der Waals surface area contributed by atoms with Gasteiger partial charge in [-0.2, -0.15) is 0 Å². The number of fused-ring (bicyclic) bond motifs is 1. The van der Waals surface area contributed by atoms with Crippen LogP contribution in [-0.4, -0.2) is 114 Å². The molecule has 0 amide bonds. The second-order valence-electron chi connectivity index (χ2n) is 10.1. The largest absolute Gasteiger partial charge is 0.508 e. The van der Waals surface area contributed by atoms with E-state index >= 15 is 0 Å². The number of aliphatic hydroxyl groups is 6. The van der Waals surface area contributed by atoms with Gasteiger partial charge < -0.3 is 69.3 Å². The van der Waals surface area contributed by atoms with E-state index in [2.05, 4.69) is 0 Å². The predicted octanol–water partition coefficient (Wildman–Crippen LogP) is -1.39. The summed E-state index contributed by atoms with van der Waals surface area (Å²) in [6.45, 7) is 0.633. The second-order valence-corrected chi connectivity index (χ2v) is 10.1. The third kappa shape index (κ3) is 5.37. The first kappa shape index (κ1) is 30.0. The number of phenols is 3. The molecule has 2 aliphatic heterocycles. The molecule has 2 aromatic carbocycles. The number of rotatable bonds is 6. The first-order valence-electron chi connectivity index (χ1n) is 12.9. The zero-order chi connectivity index (χ0) is 30.5. The summed E-state index contributed by atoms with van der Waals surface area (Å²) in [5.41, 5.74) is -0.934. The molecule has 0 radical (unpaired) electrons. The lowest BCUT2D eigenvalue weighted by atomic mass is 9.97. The molecule has 9 N–H and O–H groups in total. The summed E-state index contributed by atoms with van der Waals surface area (Å²) in [5, 5.41) is 91.4. The maximum atomic E-state index is 13.7. The Hall–Kier alpha value is -3.51. The van der Waals surface area contributed by atoms with Crippen molar-refractivity contribution in [3.05, 3.63) is 46.6 Å². The molecule has 42 heavy (non-hydrogen) atoms. The average Bonchev–Trinajstić information content (AvgIpc) is 2.95. The van der Waals surface area contributed by atoms with Crippen molar-refractivity contribution in [2.45, 2.75) is 68.3 Å². The second kappa shape index (κ2) is 11.6. The molecule has 10 unspecified atom stereocenters. The first-order valence-corrected chi connectivity index (χ1v) is 12.9. The Bertz CT molecular complexity index is 1470. The summed E-state index contributed by atoms with van der Waals surface area (Å²) in [5.74, 6) is -1.93. The molecule has 2 fully saturated rings. The van der Waals surface area contributed by atoms with Gasteiger partial charge >= 0.3 is 0 Å².